The molecule has 0 unspecified atom stereocenters. The molecule has 1 aromatic heterocycles. The second-order valence-electron chi connectivity index (χ2n) is 13.3. The predicted molar refractivity (Wildman–Crippen MR) is 181 cm³/mol. The van der Waals surface area contributed by atoms with Crippen LogP contribution >= 0.6 is 0 Å². The number of hydrogen-bond donors (Lipinski definition) is 0. The summed E-state index contributed by atoms with van der Waals surface area (Å²) in [5.41, 5.74) is 1.75. The number of nitrogens with zero attached hydrogens (tertiary/aromatic N) is 2. The van der Waals surface area contributed by atoms with Gasteiger partial charge >= 0.3 is 11.9 Å². The van der Waals surface area contributed by atoms with Gasteiger partial charge in [0.15, 0.2) is 11.5 Å². The van der Waals surface area contributed by atoms with E-state index in [0.29, 0.717) is 29.5 Å². The summed E-state index contributed by atoms with van der Waals surface area (Å²) in [5.74, 6) is -1.03. The number of methoxy groups -OCH3 is 2. The second-order valence-corrected chi connectivity index (χ2v) is 13.3. The van der Waals surface area contributed by atoms with Gasteiger partial charge in [-0.3, -0.25) is 0 Å². The molecule has 1 aromatic carbocycles. The van der Waals surface area contributed by atoms with Crippen LogP contribution < -0.4 is 9.47 Å². The van der Waals surface area contributed by atoms with E-state index in [1.165, 1.54) is 11.6 Å². The lowest BCUT2D eigenvalue weighted by atomic mass is 9.65. The SMILES string of the molecule is CCO[C@]12C=C[C@](C)(O1)[C@@H](OC(=O)/C=C/c1cn(C)cn1)C[C@H]1C(C)=CC[C@H](C(C)C)[C@H]1/C=C\2C(=O)OCc1ccc(OC)c(OC)c1. The maximum Gasteiger partial charge on any atom is 0.339 e. The molecule has 0 saturated heterocycles. The Hall–Kier alpha value is -4.15. The van der Waals surface area contributed by atoms with Gasteiger partial charge in [-0.2, -0.15) is 0 Å². The molecular formula is C38H48N2O8. The molecular weight excluding hydrogens is 612 g/mol. The summed E-state index contributed by atoms with van der Waals surface area (Å²) >= 11 is 0. The lowest BCUT2D eigenvalue weighted by Crippen LogP contribution is -2.48. The van der Waals surface area contributed by atoms with Crippen molar-refractivity contribution < 1.29 is 38.0 Å². The average molecular weight is 661 g/mol. The molecule has 0 N–H and O–H groups in total. The summed E-state index contributed by atoms with van der Waals surface area (Å²) < 4.78 is 38.0. The molecule has 10 nitrogen and oxygen atoms in total. The maximum atomic E-state index is 14.3. The molecule has 2 aromatic rings. The molecule has 2 bridgehead atoms. The standard InChI is InChI=1S/C38H48N2O8/c1-9-46-38-17-16-37(5,48-38)34(47-35(41)15-12-27-21-40(6)23-39-27)20-29-25(4)10-13-28(24(2)3)30(29)19-31(38)36(42)45-22-26-11-14-32(43-7)33(18-26)44-8/h10-12,14-19,21,23-24,28-30,34H,9,13,20,22H2,1-8H3/b15-12+,31-19-/t28-,29+,30-,34+,37+,38-/m1/s1. The second kappa shape index (κ2) is 14.5. The van der Waals surface area contributed by atoms with Crippen LogP contribution in [0.25, 0.3) is 6.08 Å². The molecule has 10 heteroatoms. The van der Waals surface area contributed by atoms with Gasteiger partial charge in [0.05, 0.1) is 31.8 Å². The molecule has 0 spiro atoms. The number of benzene rings is 1. The summed E-state index contributed by atoms with van der Waals surface area (Å²) in [7, 11) is 5.00. The van der Waals surface area contributed by atoms with E-state index < -0.39 is 29.4 Å². The van der Waals surface area contributed by atoms with E-state index in [1.807, 2.05) is 49.9 Å². The molecule has 258 valence electrons. The van der Waals surface area contributed by atoms with E-state index >= 15 is 0 Å². The average Bonchev–Trinajstić information content (AvgIpc) is 3.65. The third-order valence-corrected chi connectivity index (χ3v) is 9.73. The molecule has 3 heterocycles. The number of ether oxygens (including phenoxy) is 6. The van der Waals surface area contributed by atoms with Crippen molar-refractivity contribution in [2.45, 2.75) is 71.6 Å². The molecule has 0 saturated carbocycles. The number of esters is 2. The fourth-order valence-electron chi connectivity index (χ4n) is 7.09. The van der Waals surface area contributed by atoms with Gasteiger partial charge in [0.1, 0.15) is 18.3 Å². The van der Waals surface area contributed by atoms with Crippen LogP contribution in [-0.2, 0) is 42.2 Å². The van der Waals surface area contributed by atoms with Crippen molar-refractivity contribution in [3.63, 3.8) is 0 Å². The van der Waals surface area contributed by atoms with Crippen molar-refractivity contribution in [1.29, 1.82) is 0 Å². The molecule has 0 fully saturated rings. The van der Waals surface area contributed by atoms with Crippen LogP contribution in [-0.4, -0.2) is 59.8 Å². The van der Waals surface area contributed by atoms with Crippen LogP contribution in [0.5, 0.6) is 11.5 Å². The normalized spacial score (nSPS) is 29.3. The highest BCUT2D eigenvalue weighted by Crippen LogP contribution is 2.50. The van der Waals surface area contributed by atoms with Gasteiger partial charge in [0.25, 0.3) is 0 Å². The van der Waals surface area contributed by atoms with Gasteiger partial charge in [-0.25, -0.2) is 14.6 Å². The van der Waals surface area contributed by atoms with E-state index in [0.717, 1.165) is 12.0 Å². The van der Waals surface area contributed by atoms with Crippen molar-refractivity contribution in [3.8, 4) is 11.5 Å². The Morgan fingerprint density at radius 1 is 1.17 bits per heavy atom. The van der Waals surface area contributed by atoms with E-state index in [1.54, 1.807) is 44.8 Å². The third kappa shape index (κ3) is 7.29. The van der Waals surface area contributed by atoms with Crippen molar-refractivity contribution in [1.82, 2.24) is 9.55 Å². The smallest absolute Gasteiger partial charge is 0.339 e. The van der Waals surface area contributed by atoms with Crippen LogP contribution in [0.2, 0.25) is 0 Å². The Labute approximate surface area is 283 Å². The highest BCUT2D eigenvalue weighted by Gasteiger charge is 2.55. The van der Waals surface area contributed by atoms with Gasteiger partial charge in [-0.15, -0.1) is 0 Å². The number of aryl methyl sites for hydroxylation is 1. The first-order chi connectivity index (χ1) is 22.9. The van der Waals surface area contributed by atoms with Gasteiger partial charge < -0.3 is 33.0 Å². The zero-order valence-electron chi connectivity index (χ0n) is 29.2. The Bertz CT molecular complexity index is 1620. The fraction of sp³-hybridized carbons (Fsp3) is 0.500. The van der Waals surface area contributed by atoms with Crippen LogP contribution in [0.1, 0.15) is 58.7 Å². The summed E-state index contributed by atoms with van der Waals surface area (Å²) in [6.45, 7) is 10.5. The minimum absolute atomic E-state index is 0.00317. The predicted octanol–water partition coefficient (Wildman–Crippen LogP) is 6.37. The first kappa shape index (κ1) is 35.2. The summed E-state index contributed by atoms with van der Waals surface area (Å²) in [4.78, 5) is 31.8. The summed E-state index contributed by atoms with van der Waals surface area (Å²) in [6, 6.07) is 5.39. The number of hydrogen-bond acceptors (Lipinski definition) is 9. The summed E-state index contributed by atoms with van der Waals surface area (Å²) in [6.07, 6.45) is 15.1. The summed E-state index contributed by atoms with van der Waals surface area (Å²) in [5, 5.41) is 0. The van der Waals surface area contributed by atoms with Crippen LogP contribution in [0, 0.1) is 23.7 Å². The number of carbonyl (C=O) groups is 2. The highest BCUT2D eigenvalue weighted by molar-refractivity contribution is 5.91. The molecule has 6 atom stereocenters. The molecule has 1 aliphatic carbocycles. The topological polar surface area (TPSA) is 107 Å². The molecule has 3 aliphatic rings. The van der Waals surface area contributed by atoms with Crippen molar-refractivity contribution >= 4 is 18.0 Å². The quantitative estimate of drug-likeness (QED) is 0.154. The number of aromatic nitrogens is 2. The van der Waals surface area contributed by atoms with Gasteiger partial charge in [-0.05, 0) is 93.2 Å². The van der Waals surface area contributed by atoms with Crippen molar-refractivity contribution in [2.75, 3.05) is 20.8 Å². The Morgan fingerprint density at radius 3 is 2.60 bits per heavy atom. The number of imidazole rings is 1. The Balaban J connectivity index is 1.52. The van der Waals surface area contributed by atoms with Crippen LogP contribution in [0.4, 0.5) is 0 Å². The van der Waals surface area contributed by atoms with Crippen molar-refractivity contribution in [3.05, 3.63) is 83.5 Å². The van der Waals surface area contributed by atoms with E-state index in [9.17, 15) is 9.59 Å². The first-order valence-electron chi connectivity index (χ1n) is 16.6. The Morgan fingerprint density at radius 2 is 1.94 bits per heavy atom. The third-order valence-electron chi connectivity index (χ3n) is 9.73. The number of allylic oxidation sites excluding steroid dienone is 3. The van der Waals surface area contributed by atoms with Crippen LogP contribution in [0.15, 0.2) is 72.2 Å². The molecule has 0 radical (unpaired) electrons. The number of carbonyl (C=O) groups excluding carboxylic acids is 2. The molecule has 0 amide bonds. The largest absolute Gasteiger partial charge is 0.493 e. The van der Waals surface area contributed by atoms with Gasteiger partial charge in [0, 0.05) is 25.9 Å². The monoisotopic (exact) mass is 660 g/mol. The van der Waals surface area contributed by atoms with E-state index in [2.05, 4.69) is 31.8 Å². The fourth-order valence-corrected chi connectivity index (χ4v) is 7.09. The molecule has 48 heavy (non-hydrogen) atoms. The molecule has 5 rings (SSSR count). The zero-order valence-corrected chi connectivity index (χ0v) is 29.2. The first-order valence-corrected chi connectivity index (χ1v) is 16.6. The lowest BCUT2D eigenvalue weighted by molar-refractivity contribution is -0.235. The number of fused-ring (bicyclic) bond motifs is 3. The van der Waals surface area contributed by atoms with E-state index in [4.69, 9.17) is 28.4 Å². The van der Waals surface area contributed by atoms with Crippen LogP contribution in [0.3, 0.4) is 0 Å². The van der Waals surface area contributed by atoms with Crippen molar-refractivity contribution in [2.24, 2.45) is 30.7 Å². The maximum absolute atomic E-state index is 14.3. The Kier molecular flexibility index (Phi) is 10.7. The van der Waals surface area contributed by atoms with E-state index in [-0.39, 0.29) is 36.5 Å². The number of rotatable bonds is 11. The molecule has 2 aliphatic heterocycles. The minimum atomic E-state index is -1.54. The lowest BCUT2D eigenvalue weighted by Gasteiger charge is -2.41. The minimum Gasteiger partial charge on any atom is -0.493 e. The van der Waals surface area contributed by atoms with Gasteiger partial charge in [0.2, 0.25) is 5.79 Å². The zero-order chi connectivity index (χ0) is 34.6. The van der Waals surface area contributed by atoms with Gasteiger partial charge in [-0.1, -0.05) is 37.6 Å². The highest BCUT2D eigenvalue weighted by atomic mass is 16.7.